The molecule has 0 saturated carbocycles. The highest BCUT2D eigenvalue weighted by atomic mass is 16.5. The average Bonchev–Trinajstić information content (AvgIpc) is 2.78. The Morgan fingerprint density at radius 2 is 1.73 bits per heavy atom. The van der Waals surface area contributed by atoms with E-state index in [1.165, 1.54) is 10.8 Å². The van der Waals surface area contributed by atoms with Crippen LogP contribution in [-0.4, -0.2) is 23.0 Å². The second-order valence-electron chi connectivity index (χ2n) is 6.81. The van der Waals surface area contributed by atoms with Gasteiger partial charge in [-0.1, -0.05) is 36.4 Å². The standard InChI is InChI=1S/C24H21N3O3/c1-16-8-6-7-11-22(16)27-23(28)20-14-18(30-2)12-13-19(20)21(24(27)29)15-25-26-17-9-4-3-5-10-17/h3-15,26,29H,1-2H3/b25-15+. The Balaban J connectivity index is 1.94. The molecule has 0 aliphatic carbocycles. The highest BCUT2D eigenvalue weighted by molar-refractivity contribution is 6.02. The number of anilines is 1. The third-order valence-electron chi connectivity index (χ3n) is 4.92. The zero-order valence-corrected chi connectivity index (χ0v) is 16.7. The Morgan fingerprint density at radius 1 is 1.00 bits per heavy atom. The number of nitrogens with one attached hydrogen (secondary N) is 1. The van der Waals surface area contributed by atoms with Crippen LogP contribution >= 0.6 is 0 Å². The summed E-state index contributed by atoms with van der Waals surface area (Å²) in [6, 6.07) is 22.1. The molecule has 0 aliphatic rings. The van der Waals surface area contributed by atoms with Gasteiger partial charge in [-0.15, -0.1) is 0 Å². The predicted octanol–water partition coefficient (Wildman–Crippen LogP) is 4.46. The molecule has 1 aromatic heterocycles. The summed E-state index contributed by atoms with van der Waals surface area (Å²) >= 11 is 0. The second-order valence-corrected chi connectivity index (χ2v) is 6.81. The number of hydrogen-bond donors (Lipinski definition) is 2. The number of methoxy groups -OCH3 is 1. The Bertz CT molecular complexity index is 1290. The molecule has 0 amide bonds. The quantitative estimate of drug-likeness (QED) is 0.384. The van der Waals surface area contributed by atoms with E-state index in [-0.39, 0.29) is 11.4 Å². The van der Waals surface area contributed by atoms with Gasteiger partial charge in [-0.25, -0.2) is 4.57 Å². The van der Waals surface area contributed by atoms with Crippen LogP contribution in [0.1, 0.15) is 11.1 Å². The van der Waals surface area contributed by atoms with Crippen molar-refractivity contribution in [2.45, 2.75) is 6.92 Å². The van der Waals surface area contributed by atoms with Crippen molar-refractivity contribution in [3.8, 4) is 17.3 Å². The van der Waals surface area contributed by atoms with E-state index in [1.54, 1.807) is 31.4 Å². The lowest BCUT2D eigenvalue weighted by Gasteiger charge is -2.16. The number of hydrogen-bond acceptors (Lipinski definition) is 5. The van der Waals surface area contributed by atoms with Crippen LogP contribution in [0.3, 0.4) is 0 Å². The molecule has 6 nitrogen and oxygen atoms in total. The number of hydrazone groups is 1. The van der Waals surface area contributed by atoms with E-state index in [0.717, 1.165) is 11.3 Å². The highest BCUT2D eigenvalue weighted by Gasteiger charge is 2.18. The number of ether oxygens (including phenoxy) is 1. The van der Waals surface area contributed by atoms with Crippen LogP contribution in [0.25, 0.3) is 16.5 Å². The number of para-hydroxylation sites is 2. The number of aryl methyl sites for hydroxylation is 1. The maximum absolute atomic E-state index is 13.3. The van der Waals surface area contributed by atoms with E-state index in [0.29, 0.717) is 27.8 Å². The zero-order chi connectivity index (χ0) is 21.1. The zero-order valence-electron chi connectivity index (χ0n) is 16.7. The summed E-state index contributed by atoms with van der Waals surface area (Å²) in [5.41, 5.74) is 5.32. The van der Waals surface area contributed by atoms with Gasteiger partial charge in [-0.2, -0.15) is 5.10 Å². The third kappa shape index (κ3) is 3.51. The summed E-state index contributed by atoms with van der Waals surface area (Å²) in [6.07, 6.45) is 1.52. The molecule has 0 radical (unpaired) electrons. The van der Waals surface area contributed by atoms with Crippen molar-refractivity contribution in [1.82, 2.24) is 4.57 Å². The van der Waals surface area contributed by atoms with Gasteiger partial charge >= 0.3 is 0 Å². The monoisotopic (exact) mass is 399 g/mol. The van der Waals surface area contributed by atoms with Crippen molar-refractivity contribution in [2.75, 3.05) is 12.5 Å². The second kappa shape index (κ2) is 8.13. The molecule has 2 N–H and O–H groups in total. The van der Waals surface area contributed by atoms with E-state index in [1.807, 2.05) is 55.5 Å². The number of pyridine rings is 1. The number of aromatic hydroxyl groups is 1. The number of aromatic nitrogens is 1. The highest BCUT2D eigenvalue weighted by Crippen LogP contribution is 2.29. The fraction of sp³-hybridized carbons (Fsp3) is 0.0833. The Hall–Kier alpha value is -4.06. The van der Waals surface area contributed by atoms with Crippen molar-refractivity contribution in [3.05, 3.63) is 94.3 Å². The number of fused-ring (bicyclic) bond motifs is 1. The summed E-state index contributed by atoms with van der Waals surface area (Å²) < 4.78 is 6.61. The minimum atomic E-state index is -0.330. The lowest BCUT2D eigenvalue weighted by atomic mass is 10.1. The molecular formula is C24H21N3O3. The number of benzene rings is 3. The Kier molecular flexibility index (Phi) is 5.22. The Labute approximate surface area is 173 Å². The molecule has 0 atom stereocenters. The van der Waals surface area contributed by atoms with Crippen LogP contribution in [-0.2, 0) is 0 Å². The van der Waals surface area contributed by atoms with Crippen molar-refractivity contribution in [3.63, 3.8) is 0 Å². The SMILES string of the molecule is COc1ccc2c(/C=N/Nc3ccccc3)c(O)n(-c3ccccc3C)c(=O)c2c1. The van der Waals surface area contributed by atoms with Gasteiger partial charge in [-0.05, 0) is 48.9 Å². The largest absolute Gasteiger partial charge is 0.497 e. The van der Waals surface area contributed by atoms with Gasteiger partial charge < -0.3 is 9.84 Å². The number of nitrogens with zero attached hydrogens (tertiary/aromatic N) is 2. The topological polar surface area (TPSA) is 75.8 Å². The van der Waals surface area contributed by atoms with Crippen LogP contribution in [0, 0.1) is 6.92 Å². The molecule has 30 heavy (non-hydrogen) atoms. The molecule has 150 valence electrons. The molecule has 0 bridgehead atoms. The molecular weight excluding hydrogens is 378 g/mol. The number of rotatable bonds is 5. The minimum absolute atomic E-state index is 0.175. The summed E-state index contributed by atoms with van der Waals surface area (Å²) in [5, 5.41) is 16.4. The van der Waals surface area contributed by atoms with Gasteiger partial charge in [0.25, 0.3) is 5.56 Å². The molecule has 3 aromatic carbocycles. The van der Waals surface area contributed by atoms with Crippen molar-refractivity contribution < 1.29 is 9.84 Å². The van der Waals surface area contributed by atoms with Gasteiger partial charge in [0, 0.05) is 5.39 Å². The first-order valence-electron chi connectivity index (χ1n) is 9.46. The minimum Gasteiger partial charge on any atom is -0.497 e. The van der Waals surface area contributed by atoms with Crippen LogP contribution in [0.2, 0.25) is 0 Å². The normalized spacial score (nSPS) is 11.1. The Morgan fingerprint density at radius 3 is 2.47 bits per heavy atom. The summed E-state index contributed by atoms with van der Waals surface area (Å²) in [6.45, 7) is 1.89. The molecule has 0 spiro atoms. The fourth-order valence-corrected chi connectivity index (χ4v) is 3.37. The molecule has 4 rings (SSSR count). The van der Waals surface area contributed by atoms with Crippen LogP contribution < -0.4 is 15.7 Å². The maximum Gasteiger partial charge on any atom is 0.265 e. The summed E-state index contributed by atoms with van der Waals surface area (Å²) in [7, 11) is 1.55. The van der Waals surface area contributed by atoms with Gasteiger partial charge in [0.2, 0.25) is 5.88 Å². The van der Waals surface area contributed by atoms with Crippen LogP contribution in [0.15, 0.2) is 82.7 Å². The van der Waals surface area contributed by atoms with Crippen molar-refractivity contribution in [2.24, 2.45) is 5.10 Å². The first-order valence-corrected chi connectivity index (χ1v) is 9.46. The van der Waals surface area contributed by atoms with Crippen molar-refractivity contribution >= 4 is 22.7 Å². The fourth-order valence-electron chi connectivity index (χ4n) is 3.37. The molecule has 6 heteroatoms. The van der Waals surface area contributed by atoms with Crippen molar-refractivity contribution in [1.29, 1.82) is 0 Å². The van der Waals surface area contributed by atoms with E-state index < -0.39 is 0 Å². The van der Waals surface area contributed by atoms with Crippen LogP contribution in [0.5, 0.6) is 11.6 Å². The average molecular weight is 399 g/mol. The first kappa shape index (κ1) is 19.3. The maximum atomic E-state index is 13.3. The van der Waals surface area contributed by atoms with Crippen LogP contribution in [0.4, 0.5) is 5.69 Å². The molecule has 4 aromatic rings. The smallest absolute Gasteiger partial charge is 0.265 e. The van der Waals surface area contributed by atoms with Gasteiger partial charge in [0.1, 0.15) is 5.75 Å². The predicted molar refractivity (Wildman–Crippen MR) is 120 cm³/mol. The third-order valence-corrected chi connectivity index (χ3v) is 4.92. The van der Waals surface area contributed by atoms with Gasteiger partial charge in [0.05, 0.1) is 35.6 Å². The molecule has 0 saturated heterocycles. The molecule has 1 heterocycles. The van der Waals surface area contributed by atoms with E-state index in [4.69, 9.17) is 4.74 Å². The molecule has 0 fully saturated rings. The van der Waals surface area contributed by atoms with E-state index in [9.17, 15) is 9.90 Å². The van der Waals surface area contributed by atoms with E-state index >= 15 is 0 Å². The van der Waals surface area contributed by atoms with Gasteiger partial charge in [0.15, 0.2) is 0 Å². The lowest BCUT2D eigenvalue weighted by molar-refractivity contribution is 0.415. The van der Waals surface area contributed by atoms with Gasteiger partial charge in [-0.3, -0.25) is 10.2 Å². The molecule has 0 aliphatic heterocycles. The van der Waals surface area contributed by atoms with E-state index in [2.05, 4.69) is 10.5 Å². The molecule has 0 unspecified atom stereocenters. The lowest BCUT2D eigenvalue weighted by Crippen LogP contribution is -2.21. The summed E-state index contributed by atoms with van der Waals surface area (Å²) in [4.78, 5) is 13.3. The summed E-state index contributed by atoms with van der Waals surface area (Å²) in [5.74, 6) is 0.387. The first-order chi connectivity index (χ1) is 14.6.